The molecule has 0 bridgehead atoms. The predicted molar refractivity (Wildman–Crippen MR) is 81.7 cm³/mol. The summed E-state index contributed by atoms with van der Waals surface area (Å²) in [6, 6.07) is 16.2. The molecular weight excluding hydrogens is 219 g/mol. The lowest BCUT2D eigenvalue weighted by molar-refractivity contribution is 0.619. The van der Waals surface area contributed by atoms with Gasteiger partial charge in [-0.1, -0.05) is 70.4 Å². The van der Waals surface area contributed by atoms with Crippen molar-refractivity contribution in [2.24, 2.45) is 0 Å². The number of hydrogen-bond acceptors (Lipinski definition) is 2. The van der Waals surface area contributed by atoms with Crippen LogP contribution in [-0.2, 0) is 0 Å². The second-order valence-corrected chi connectivity index (χ2v) is 4.73. The minimum Gasteiger partial charge on any atom is -0.461 e. The van der Waals surface area contributed by atoms with E-state index in [4.69, 9.17) is 0 Å². The predicted octanol–water partition coefficient (Wildman–Crippen LogP) is -3.10. The monoisotopic (exact) mass is 232 g/mol. The van der Waals surface area contributed by atoms with Crippen LogP contribution < -0.4 is 21.9 Å². The van der Waals surface area contributed by atoms with E-state index in [1.165, 1.54) is 0 Å². The number of hydrogen-bond donors (Lipinski definition) is 2. The van der Waals surface area contributed by atoms with Crippen LogP contribution in [0.15, 0.2) is 48.5 Å². The fourth-order valence-electron chi connectivity index (χ4n) is 3.02. The first-order valence-electron chi connectivity index (χ1n) is 6.26. The van der Waals surface area contributed by atoms with Crippen LogP contribution in [-0.4, -0.2) is 38.0 Å². The molecule has 2 nitrogen and oxygen atoms in total. The molecule has 2 aromatic rings. The zero-order valence-corrected chi connectivity index (χ0v) is 10.1. The van der Waals surface area contributed by atoms with E-state index in [1.54, 1.807) is 0 Å². The molecule has 0 atom stereocenters. The van der Waals surface area contributed by atoms with E-state index in [9.17, 15) is 10.0 Å². The molecule has 0 unspecified atom stereocenters. The van der Waals surface area contributed by atoms with Crippen molar-refractivity contribution in [3.05, 3.63) is 48.5 Å². The summed E-state index contributed by atoms with van der Waals surface area (Å²) in [5.41, 5.74) is 4.55. The zero-order valence-electron chi connectivity index (χ0n) is 10.1. The van der Waals surface area contributed by atoms with E-state index in [1.807, 2.05) is 24.3 Å². The molecule has 0 amide bonds. The summed E-state index contributed by atoms with van der Waals surface area (Å²) < 4.78 is 0. The number of fused-ring (bicyclic) bond motifs is 2. The van der Waals surface area contributed by atoms with Gasteiger partial charge in [-0.3, -0.25) is 0 Å². The zero-order chi connectivity index (χ0) is 12.5. The van der Waals surface area contributed by atoms with Crippen molar-refractivity contribution in [3.8, 4) is 0 Å². The molecule has 2 aromatic carbocycles. The summed E-state index contributed by atoms with van der Waals surface area (Å²) in [7, 11) is 0.207. The number of benzene rings is 2. The largest absolute Gasteiger partial charge is 0.461 e. The Hall–Kier alpha value is -1.38. The summed E-state index contributed by atoms with van der Waals surface area (Å²) in [6.07, 6.45) is 0. The molecule has 0 aromatic heterocycles. The van der Waals surface area contributed by atoms with Crippen LogP contribution in [0.3, 0.4) is 0 Å². The topological polar surface area (TPSA) is 40.5 Å². The highest BCUT2D eigenvalue weighted by Gasteiger charge is 2.35. The normalized spacial score (nSPS) is 12.8. The molecule has 1 aliphatic rings. The van der Waals surface area contributed by atoms with Crippen molar-refractivity contribution in [2.45, 2.75) is 0 Å². The van der Waals surface area contributed by atoms with Gasteiger partial charge in [0.25, 0.3) is 0 Å². The maximum Gasteiger partial charge on any atom is 0.246 e. The average molecular weight is 231 g/mol. The summed E-state index contributed by atoms with van der Waals surface area (Å²) in [6.45, 7) is 0.0559. The van der Waals surface area contributed by atoms with E-state index in [0.717, 1.165) is 21.9 Å². The Morgan fingerprint density at radius 3 is 1.11 bits per heavy atom. The van der Waals surface area contributed by atoms with Crippen LogP contribution in [0.2, 0.25) is 0 Å². The molecule has 3 rings (SSSR count). The van der Waals surface area contributed by atoms with Crippen molar-refractivity contribution >= 4 is 49.8 Å². The molecule has 6 heteroatoms. The lowest BCUT2D eigenvalue weighted by atomic mass is 9.09. The minimum absolute atomic E-state index is 0.0280. The van der Waals surface area contributed by atoms with Gasteiger partial charge in [-0.05, 0) is 0 Å². The molecule has 1 aliphatic heterocycles. The van der Waals surface area contributed by atoms with Gasteiger partial charge >= 0.3 is 0 Å². The summed E-state index contributed by atoms with van der Waals surface area (Å²) >= 11 is 0. The van der Waals surface area contributed by atoms with Crippen LogP contribution in [0.25, 0.3) is 0 Å². The summed E-state index contributed by atoms with van der Waals surface area (Å²) in [5, 5.41) is 19.4. The fourth-order valence-corrected chi connectivity index (χ4v) is 3.02. The molecule has 0 saturated heterocycles. The quantitative estimate of drug-likeness (QED) is 0.538. The van der Waals surface area contributed by atoms with Crippen LogP contribution >= 0.6 is 0 Å². The molecule has 0 spiro atoms. The van der Waals surface area contributed by atoms with Gasteiger partial charge in [-0.15, -0.1) is 0 Å². The molecule has 1 heterocycles. The maximum atomic E-state index is 9.68. The Morgan fingerprint density at radius 1 is 0.611 bits per heavy atom. The van der Waals surface area contributed by atoms with Gasteiger partial charge < -0.3 is 10.0 Å². The number of rotatable bonds is 2. The summed E-state index contributed by atoms with van der Waals surface area (Å²) in [5.74, 6) is 0. The van der Waals surface area contributed by atoms with E-state index >= 15 is 0 Å². The third kappa shape index (κ3) is 1.64. The highest BCUT2D eigenvalue weighted by molar-refractivity contribution is 7.34. The van der Waals surface area contributed by atoms with E-state index in [-0.39, 0.29) is 28.0 Å². The van der Waals surface area contributed by atoms with Crippen molar-refractivity contribution in [1.29, 1.82) is 0 Å². The van der Waals surface area contributed by atoms with Crippen molar-refractivity contribution in [3.63, 3.8) is 0 Å². The van der Waals surface area contributed by atoms with Crippen molar-refractivity contribution in [2.75, 3.05) is 0 Å². The first-order valence-corrected chi connectivity index (χ1v) is 6.26. The Morgan fingerprint density at radius 2 is 0.889 bits per heavy atom. The van der Waals surface area contributed by atoms with Gasteiger partial charge in [0, 0.05) is 0 Å². The van der Waals surface area contributed by atoms with Gasteiger partial charge in [-0.25, -0.2) is 0 Å². The molecule has 18 heavy (non-hydrogen) atoms. The van der Waals surface area contributed by atoms with E-state index < -0.39 is 0 Å². The second kappa shape index (κ2) is 4.71. The van der Waals surface area contributed by atoms with Gasteiger partial charge in [0.05, 0.1) is 0 Å². The smallest absolute Gasteiger partial charge is 0.246 e. The summed E-state index contributed by atoms with van der Waals surface area (Å²) in [4.78, 5) is 0. The molecular formula is C12H12B4O2. The molecule has 0 saturated carbocycles. The van der Waals surface area contributed by atoms with Crippen molar-refractivity contribution < 1.29 is 10.0 Å². The third-order valence-corrected chi connectivity index (χ3v) is 3.86. The van der Waals surface area contributed by atoms with Gasteiger partial charge in [0.1, 0.15) is 0 Å². The highest BCUT2D eigenvalue weighted by Crippen LogP contribution is 1.98. The average Bonchev–Trinajstić information content (AvgIpc) is 2.44. The Labute approximate surface area is 109 Å². The minimum atomic E-state index is 0.0280. The molecule has 0 fully saturated rings. The van der Waals surface area contributed by atoms with E-state index in [2.05, 4.69) is 24.3 Å². The van der Waals surface area contributed by atoms with Crippen LogP contribution in [0.1, 0.15) is 0 Å². The first kappa shape index (κ1) is 11.7. The Balaban J connectivity index is 2.25. The van der Waals surface area contributed by atoms with Gasteiger partial charge in [0.2, 0.25) is 28.0 Å². The molecule has 2 N–H and O–H groups in total. The Kier molecular flexibility index (Phi) is 3.06. The highest BCUT2D eigenvalue weighted by atomic mass is 16.2. The van der Waals surface area contributed by atoms with Gasteiger partial charge in [0.15, 0.2) is 0 Å². The molecule has 84 valence electrons. The molecule has 0 radical (unpaired) electrons. The lowest BCUT2D eigenvalue weighted by Gasteiger charge is -2.29. The van der Waals surface area contributed by atoms with E-state index in [0.29, 0.717) is 0 Å². The maximum absolute atomic E-state index is 9.68. The second-order valence-electron chi connectivity index (χ2n) is 4.73. The SMILES string of the molecule is OBB1c2ccccc2B(BO)c2ccccc21. The van der Waals surface area contributed by atoms with Crippen LogP contribution in [0, 0.1) is 0 Å². The van der Waals surface area contributed by atoms with Crippen LogP contribution in [0.5, 0.6) is 0 Å². The lowest BCUT2D eigenvalue weighted by Crippen LogP contribution is -2.72. The van der Waals surface area contributed by atoms with Crippen molar-refractivity contribution in [1.82, 2.24) is 0 Å². The Bertz CT molecular complexity index is 478. The fraction of sp³-hybridized carbons (Fsp3) is 0. The first-order chi connectivity index (χ1) is 8.86. The van der Waals surface area contributed by atoms with Crippen LogP contribution in [0.4, 0.5) is 0 Å². The molecule has 0 aliphatic carbocycles. The standard InChI is InChI=1S/C12H12B4O2/c17-13-15-9-5-1-2-6-10(9)16(14-18)12-8-4-3-7-11(12)15/h1-8,13-14,17-18H. The third-order valence-electron chi connectivity index (χ3n) is 3.86. The van der Waals surface area contributed by atoms with Gasteiger partial charge in [-0.2, -0.15) is 0 Å².